The molecule has 0 N–H and O–H groups in total. The van der Waals surface area contributed by atoms with Crippen molar-refractivity contribution in [2.24, 2.45) is 5.41 Å². The van der Waals surface area contributed by atoms with Crippen molar-refractivity contribution in [2.75, 3.05) is 6.61 Å². The maximum absolute atomic E-state index is 12.8. The van der Waals surface area contributed by atoms with Gasteiger partial charge in [-0.3, -0.25) is 10.1 Å². The molecule has 31 heavy (non-hydrogen) atoms. The van der Waals surface area contributed by atoms with Crippen LogP contribution in [0.25, 0.3) is 0 Å². The summed E-state index contributed by atoms with van der Waals surface area (Å²) in [6.45, 7) is 7.55. The van der Waals surface area contributed by atoms with E-state index in [0.717, 1.165) is 12.1 Å². The van der Waals surface area contributed by atoms with E-state index in [0.29, 0.717) is 18.1 Å². The molecule has 0 aromatic heterocycles. The first-order valence-corrected chi connectivity index (χ1v) is 10.7. The Labute approximate surface area is 183 Å². The van der Waals surface area contributed by atoms with Gasteiger partial charge in [-0.2, -0.15) is 13.2 Å². The lowest BCUT2D eigenvalue weighted by Gasteiger charge is -2.15. The molecule has 1 atom stereocenters. The lowest BCUT2D eigenvalue weighted by molar-refractivity contribution is -0.383. The largest absolute Gasteiger partial charge is 0.556 e. The number of benzene rings is 2. The van der Waals surface area contributed by atoms with E-state index in [1.807, 2.05) is 20.8 Å². The van der Waals surface area contributed by atoms with Crippen molar-refractivity contribution in [2.45, 2.75) is 40.3 Å². The first-order chi connectivity index (χ1) is 14.2. The molecule has 168 valence electrons. The lowest BCUT2D eigenvalue weighted by Crippen LogP contribution is -2.11. The molecule has 2 aromatic rings. The van der Waals surface area contributed by atoms with Crippen molar-refractivity contribution in [3.63, 3.8) is 0 Å². The highest BCUT2D eigenvalue weighted by Gasteiger charge is 2.36. The zero-order valence-electron chi connectivity index (χ0n) is 17.2. The molecule has 0 saturated heterocycles. The number of ether oxygens (including phenoxy) is 1. The minimum Gasteiger partial charge on any atom is -0.455 e. The molecule has 0 heterocycles. The molecule has 0 saturated carbocycles. The summed E-state index contributed by atoms with van der Waals surface area (Å²) in [7, 11) is -2.57. The number of hydrogen-bond donors (Lipinski definition) is 0. The third kappa shape index (κ3) is 6.89. The topological polar surface area (TPSA) is 78.7 Å². The zero-order valence-corrected chi connectivity index (χ0v) is 18.9. The number of nitro groups is 1. The van der Waals surface area contributed by atoms with E-state index >= 15 is 0 Å². The van der Waals surface area contributed by atoms with Crippen LogP contribution in [-0.4, -0.2) is 11.5 Å². The maximum atomic E-state index is 12.8. The molecule has 0 amide bonds. The van der Waals surface area contributed by atoms with Gasteiger partial charge in [0.1, 0.15) is 18.1 Å². The summed E-state index contributed by atoms with van der Waals surface area (Å²) >= 11 is 5.92. The highest BCUT2D eigenvalue weighted by molar-refractivity contribution is 7.48. The van der Waals surface area contributed by atoms with Gasteiger partial charge in [0.15, 0.2) is 0 Å². The van der Waals surface area contributed by atoms with E-state index in [-0.39, 0.29) is 33.8 Å². The normalized spacial score (nSPS) is 12.6. The van der Waals surface area contributed by atoms with Crippen molar-refractivity contribution >= 4 is 30.6 Å². The molecular formula is C20H21ClF3NO5P+. The number of nitrogens with zero attached hydrogens (tertiary/aromatic N) is 1. The predicted molar refractivity (Wildman–Crippen MR) is 112 cm³/mol. The van der Waals surface area contributed by atoms with Crippen LogP contribution in [0, 0.1) is 22.5 Å². The Kier molecular flexibility index (Phi) is 7.68. The second-order valence-electron chi connectivity index (χ2n) is 8.01. The van der Waals surface area contributed by atoms with Crippen LogP contribution in [0.2, 0.25) is 5.02 Å². The molecule has 1 unspecified atom stereocenters. The number of alkyl halides is 3. The highest BCUT2D eigenvalue weighted by atomic mass is 35.5. The Bertz CT molecular complexity index is 1010. The average molecular weight is 479 g/mol. The van der Waals surface area contributed by atoms with Crippen molar-refractivity contribution in [3.05, 3.63) is 56.6 Å². The summed E-state index contributed by atoms with van der Waals surface area (Å²) in [4.78, 5) is 10.7. The first kappa shape index (κ1) is 25.0. The van der Waals surface area contributed by atoms with Gasteiger partial charge in [0.05, 0.1) is 15.5 Å². The minimum absolute atomic E-state index is 0.0602. The van der Waals surface area contributed by atoms with Crippen molar-refractivity contribution in [3.8, 4) is 11.5 Å². The van der Waals surface area contributed by atoms with Crippen LogP contribution in [0.3, 0.4) is 0 Å². The summed E-state index contributed by atoms with van der Waals surface area (Å²) in [5.74, 6) is -0.0218. The fourth-order valence-corrected chi connectivity index (χ4v) is 3.62. The summed E-state index contributed by atoms with van der Waals surface area (Å²) in [5, 5.41) is 10.9. The summed E-state index contributed by atoms with van der Waals surface area (Å²) in [6.07, 6.45) is -3.99. The van der Waals surface area contributed by atoms with Gasteiger partial charge in [-0.25, -0.2) is 0 Å². The third-order valence-electron chi connectivity index (χ3n) is 4.21. The molecule has 0 fully saturated rings. The fraction of sp³-hybridized carbons (Fsp3) is 0.400. The molecular weight excluding hydrogens is 458 g/mol. The second-order valence-corrected chi connectivity index (χ2v) is 9.67. The monoisotopic (exact) mass is 478 g/mol. The van der Waals surface area contributed by atoms with Gasteiger partial charge in [-0.05, 0) is 47.1 Å². The SMILES string of the molecule is Cc1cc([N+](=O)[O-])c([P+](=O)OCCC(C)(C)C)cc1Oc1ccc(C(F)(F)F)cc1Cl. The molecule has 0 bridgehead atoms. The van der Waals surface area contributed by atoms with Crippen LogP contribution in [0.5, 0.6) is 11.5 Å². The van der Waals surface area contributed by atoms with Crippen LogP contribution < -0.4 is 10.0 Å². The number of rotatable bonds is 7. The van der Waals surface area contributed by atoms with Crippen molar-refractivity contribution < 1.29 is 31.9 Å². The van der Waals surface area contributed by atoms with Crippen LogP contribution >= 0.6 is 19.6 Å². The Hall–Kier alpha value is -2.22. The quantitative estimate of drug-likeness (QED) is 0.239. The maximum Gasteiger partial charge on any atom is 0.556 e. The summed E-state index contributed by atoms with van der Waals surface area (Å²) in [5.41, 5.74) is -1.12. The van der Waals surface area contributed by atoms with Crippen LogP contribution in [0.4, 0.5) is 18.9 Å². The van der Waals surface area contributed by atoms with Gasteiger partial charge >= 0.3 is 25.2 Å². The Balaban J connectivity index is 2.36. The Morgan fingerprint density at radius 3 is 2.29 bits per heavy atom. The Morgan fingerprint density at radius 1 is 1.13 bits per heavy atom. The van der Waals surface area contributed by atoms with E-state index in [1.54, 1.807) is 0 Å². The van der Waals surface area contributed by atoms with Gasteiger partial charge in [-0.1, -0.05) is 32.4 Å². The average Bonchev–Trinajstić information content (AvgIpc) is 2.62. The van der Waals surface area contributed by atoms with E-state index in [9.17, 15) is 27.9 Å². The van der Waals surface area contributed by atoms with Crippen LogP contribution in [0.15, 0.2) is 30.3 Å². The molecule has 11 heteroatoms. The molecule has 0 aliphatic rings. The van der Waals surface area contributed by atoms with E-state index in [1.165, 1.54) is 19.1 Å². The number of nitro benzene ring substituents is 1. The van der Waals surface area contributed by atoms with Gasteiger partial charge in [0, 0.05) is 12.1 Å². The van der Waals surface area contributed by atoms with Gasteiger partial charge in [0.25, 0.3) is 0 Å². The van der Waals surface area contributed by atoms with E-state index in [4.69, 9.17) is 20.9 Å². The third-order valence-corrected chi connectivity index (χ3v) is 5.67. The molecule has 0 radical (unpaired) electrons. The van der Waals surface area contributed by atoms with Crippen molar-refractivity contribution in [1.82, 2.24) is 0 Å². The lowest BCUT2D eigenvalue weighted by atomic mass is 9.93. The van der Waals surface area contributed by atoms with Gasteiger partial charge < -0.3 is 4.74 Å². The van der Waals surface area contributed by atoms with Gasteiger partial charge in [0.2, 0.25) is 0 Å². The van der Waals surface area contributed by atoms with Crippen molar-refractivity contribution in [1.29, 1.82) is 0 Å². The molecule has 2 aromatic carbocycles. The highest BCUT2D eigenvalue weighted by Crippen LogP contribution is 2.39. The molecule has 0 spiro atoms. The number of aryl methyl sites for hydroxylation is 1. The molecule has 0 aliphatic carbocycles. The van der Waals surface area contributed by atoms with E-state index < -0.39 is 30.4 Å². The molecule has 0 aliphatic heterocycles. The van der Waals surface area contributed by atoms with Gasteiger partial charge in [-0.15, -0.1) is 4.52 Å². The molecule has 6 nitrogen and oxygen atoms in total. The standard InChI is InChI=1S/C20H21ClF3NO5P/c1-12-9-15(25(26)27)18(31(28)29-8-7-19(2,3)4)11-17(12)30-16-6-5-13(10-14(16)21)20(22,23)24/h5-6,9-11H,7-8H2,1-4H3/q+1. The second kappa shape index (κ2) is 9.51. The number of halogens is 4. The fourth-order valence-electron chi connectivity index (χ4n) is 2.45. The zero-order chi connectivity index (χ0) is 23.6. The summed E-state index contributed by atoms with van der Waals surface area (Å²) in [6, 6.07) is 4.93. The first-order valence-electron chi connectivity index (χ1n) is 9.13. The minimum atomic E-state index is -4.57. The number of hydrogen-bond acceptors (Lipinski definition) is 5. The van der Waals surface area contributed by atoms with E-state index in [2.05, 4.69) is 0 Å². The predicted octanol–water partition coefficient (Wildman–Crippen LogP) is 7.19. The van der Waals surface area contributed by atoms with Crippen LogP contribution in [0.1, 0.15) is 38.3 Å². The van der Waals surface area contributed by atoms with Crippen LogP contribution in [-0.2, 0) is 15.3 Å². The molecule has 2 rings (SSSR count). The smallest absolute Gasteiger partial charge is 0.455 e. The summed E-state index contributed by atoms with van der Waals surface area (Å²) < 4.78 is 62.0. The Morgan fingerprint density at radius 2 is 1.77 bits per heavy atom.